The predicted molar refractivity (Wildman–Crippen MR) is 162 cm³/mol. The molecule has 4 aliphatic rings. The van der Waals surface area contributed by atoms with Crippen molar-refractivity contribution in [3.8, 4) is 17.3 Å². The summed E-state index contributed by atoms with van der Waals surface area (Å²) < 4.78 is 52.3. The van der Waals surface area contributed by atoms with E-state index in [-0.39, 0.29) is 36.6 Å². The highest BCUT2D eigenvalue weighted by Gasteiger charge is 2.49. The molecule has 4 aromatic rings. The molecule has 0 saturated carbocycles. The molecule has 10 heteroatoms. The highest BCUT2D eigenvalue weighted by molar-refractivity contribution is 6.00. The maximum atomic E-state index is 16.7. The normalized spacial score (nSPS) is 27.0. The highest BCUT2D eigenvalue weighted by atomic mass is 19.1. The van der Waals surface area contributed by atoms with E-state index in [0.717, 1.165) is 50.7 Å². The second-order valence-electron chi connectivity index (χ2n) is 12.7. The van der Waals surface area contributed by atoms with Gasteiger partial charge in [0.25, 0.3) is 0 Å². The minimum absolute atomic E-state index is 0. The molecule has 226 valence electrons. The van der Waals surface area contributed by atoms with Crippen LogP contribution in [0.5, 0.6) is 6.01 Å². The Morgan fingerprint density at radius 2 is 1.93 bits per heavy atom. The van der Waals surface area contributed by atoms with Crippen molar-refractivity contribution in [2.45, 2.75) is 69.2 Å². The van der Waals surface area contributed by atoms with E-state index in [1.54, 1.807) is 18.3 Å². The lowest BCUT2D eigenvalue weighted by Crippen LogP contribution is -2.51. The standard InChI is InChI=1S/C33H35F3N6O.H2/c1-2-23-26(35)10-7-19-5-3-6-24(27(19)23)29-28(36)30-25(14-37-29)31(41-16-21-8-9-22(17-41)38-21)40-32(39-30)43-18-33-11-4-12-42(33)15-20(34)13-33;/h3,5-7,10,14,20-22,38H,2,4,8-9,11-13,15-18H2,1H3;1H/t20-,21?,22?,33+;/m1./s1. The van der Waals surface area contributed by atoms with Gasteiger partial charge in [0.1, 0.15) is 35.6 Å². The smallest absolute Gasteiger partial charge is 0.319 e. The number of fused-ring (bicyclic) bond motifs is 5. The Labute approximate surface area is 249 Å². The number of benzene rings is 2. The zero-order chi connectivity index (χ0) is 29.3. The van der Waals surface area contributed by atoms with Crippen LogP contribution in [0, 0.1) is 11.6 Å². The third kappa shape index (κ3) is 4.44. The molecule has 4 atom stereocenters. The van der Waals surface area contributed by atoms with Crippen LogP contribution in [-0.4, -0.2) is 76.4 Å². The molecule has 43 heavy (non-hydrogen) atoms. The zero-order valence-corrected chi connectivity index (χ0v) is 24.3. The number of alkyl halides is 1. The van der Waals surface area contributed by atoms with Gasteiger partial charge in [-0.25, -0.2) is 13.2 Å². The molecule has 7 nitrogen and oxygen atoms in total. The third-order valence-electron chi connectivity index (χ3n) is 10.1. The van der Waals surface area contributed by atoms with E-state index in [1.165, 1.54) is 6.07 Å². The number of hydrogen-bond acceptors (Lipinski definition) is 7. The summed E-state index contributed by atoms with van der Waals surface area (Å²) in [5, 5.41) is 5.63. The van der Waals surface area contributed by atoms with Crippen molar-refractivity contribution in [1.29, 1.82) is 0 Å². The van der Waals surface area contributed by atoms with Crippen molar-refractivity contribution in [3.63, 3.8) is 0 Å². The maximum absolute atomic E-state index is 16.7. The number of nitrogens with one attached hydrogen (secondary N) is 1. The number of piperazine rings is 1. The van der Waals surface area contributed by atoms with Gasteiger partial charge >= 0.3 is 6.01 Å². The molecule has 2 aromatic carbocycles. The van der Waals surface area contributed by atoms with E-state index in [0.29, 0.717) is 59.2 Å². The van der Waals surface area contributed by atoms with Crippen LogP contribution in [0.3, 0.4) is 0 Å². The van der Waals surface area contributed by atoms with Crippen LogP contribution in [0.15, 0.2) is 36.5 Å². The number of aryl methyl sites for hydroxylation is 1. The number of anilines is 1. The van der Waals surface area contributed by atoms with Gasteiger partial charge in [-0.3, -0.25) is 9.88 Å². The summed E-state index contributed by atoms with van der Waals surface area (Å²) >= 11 is 0. The van der Waals surface area contributed by atoms with Crippen LogP contribution in [-0.2, 0) is 6.42 Å². The van der Waals surface area contributed by atoms with Gasteiger partial charge < -0.3 is 15.0 Å². The van der Waals surface area contributed by atoms with Crippen molar-refractivity contribution in [2.24, 2.45) is 0 Å². The van der Waals surface area contributed by atoms with Crippen LogP contribution in [0.25, 0.3) is 32.9 Å². The number of pyridine rings is 1. The average molecular weight is 591 g/mol. The van der Waals surface area contributed by atoms with E-state index in [9.17, 15) is 8.78 Å². The topological polar surface area (TPSA) is 66.4 Å². The molecular weight excluding hydrogens is 553 g/mol. The van der Waals surface area contributed by atoms with Gasteiger partial charge in [-0.15, -0.1) is 0 Å². The summed E-state index contributed by atoms with van der Waals surface area (Å²) in [6.07, 6.45) is 5.68. The second kappa shape index (κ2) is 10.3. The second-order valence-corrected chi connectivity index (χ2v) is 12.7. The fourth-order valence-electron chi connectivity index (χ4n) is 8.10. The summed E-state index contributed by atoms with van der Waals surface area (Å²) in [6, 6.07) is 9.47. The number of nitrogens with zero attached hydrogens (tertiary/aromatic N) is 5. The predicted octanol–water partition coefficient (Wildman–Crippen LogP) is 5.83. The van der Waals surface area contributed by atoms with Crippen LogP contribution >= 0.6 is 0 Å². The van der Waals surface area contributed by atoms with Crippen LogP contribution in [0.1, 0.15) is 46.0 Å². The Morgan fingerprint density at radius 3 is 2.74 bits per heavy atom. The summed E-state index contributed by atoms with van der Waals surface area (Å²) in [7, 11) is 0. The van der Waals surface area contributed by atoms with E-state index in [1.807, 2.05) is 19.1 Å². The monoisotopic (exact) mass is 590 g/mol. The molecule has 0 aliphatic carbocycles. The molecule has 1 N–H and O–H groups in total. The van der Waals surface area contributed by atoms with Gasteiger partial charge in [0.2, 0.25) is 0 Å². The van der Waals surface area contributed by atoms with E-state index >= 15 is 4.39 Å². The fourth-order valence-corrected chi connectivity index (χ4v) is 8.10. The molecular formula is C33H37F3N6O. The fraction of sp³-hybridized carbons (Fsp3) is 0.485. The van der Waals surface area contributed by atoms with Crippen LogP contribution in [0.4, 0.5) is 19.0 Å². The van der Waals surface area contributed by atoms with Gasteiger partial charge in [-0.05, 0) is 61.1 Å². The van der Waals surface area contributed by atoms with Gasteiger partial charge in [0, 0.05) is 51.3 Å². The molecule has 0 amide bonds. The Morgan fingerprint density at radius 1 is 1.09 bits per heavy atom. The molecule has 0 spiro atoms. The van der Waals surface area contributed by atoms with Crippen molar-refractivity contribution in [2.75, 3.05) is 37.7 Å². The lowest BCUT2D eigenvalue weighted by atomic mass is 9.95. The maximum Gasteiger partial charge on any atom is 0.319 e. The first kappa shape index (κ1) is 27.1. The first-order chi connectivity index (χ1) is 20.9. The number of halogens is 3. The summed E-state index contributed by atoms with van der Waals surface area (Å²) in [5.41, 5.74) is 0.916. The lowest BCUT2D eigenvalue weighted by Gasteiger charge is -2.34. The molecule has 2 unspecified atom stereocenters. The first-order valence-electron chi connectivity index (χ1n) is 15.5. The van der Waals surface area contributed by atoms with Crippen molar-refractivity contribution in [3.05, 3.63) is 53.7 Å². The Balaban J connectivity index is 0.00000312. The number of rotatable bonds is 6. The Kier molecular flexibility index (Phi) is 6.49. The SMILES string of the molecule is CCc1c(F)ccc2cccc(-c3ncc4c(N5CC6CCC(C5)N6)nc(OC[C@@]56CCCN5C[C@H](F)C6)nc4c3F)c12.[HH]. The number of ether oxygens (including phenoxy) is 1. The van der Waals surface area contributed by atoms with E-state index in [2.05, 4.69) is 25.1 Å². The minimum atomic E-state index is -0.877. The Hall–Kier alpha value is -3.50. The number of hydrogen-bond donors (Lipinski definition) is 1. The molecule has 4 fully saturated rings. The van der Waals surface area contributed by atoms with Gasteiger partial charge in [-0.1, -0.05) is 31.2 Å². The lowest BCUT2D eigenvalue weighted by molar-refractivity contribution is 0.107. The largest absolute Gasteiger partial charge is 0.461 e. The minimum Gasteiger partial charge on any atom is -0.461 e. The highest BCUT2D eigenvalue weighted by Crippen LogP contribution is 2.41. The molecule has 6 heterocycles. The van der Waals surface area contributed by atoms with Crippen LogP contribution < -0.4 is 15.0 Å². The molecule has 4 saturated heterocycles. The first-order valence-corrected chi connectivity index (χ1v) is 15.5. The molecule has 2 bridgehead atoms. The number of aromatic nitrogens is 3. The average Bonchev–Trinajstić information content (AvgIpc) is 3.66. The molecule has 0 radical (unpaired) electrons. The third-order valence-corrected chi connectivity index (χ3v) is 10.1. The van der Waals surface area contributed by atoms with Gasteiger partial charge in [0.05, 0.1) is 10.9 Å². The molecule has 8 rings (SSSR count). The zero-order valence-electron chi connectivity index (χ0n) is 24.3. The van der Waals surface area contributed by atoms with Crippen molar-refractivity contribution < 1.29 is 19.3 Å². The van der Waals surface area contributed by atoms with Crippen LogP contribution in [0.2, 0.25) is 0 Å². The summed E-state index contributed by atoms with van der Waals surface area (Å²) in [6.45, 7) is 4.92. The molecule has 4 aliphatic heterocycles. The van der Waals surface area contributed by atoms with E-state index < -0.39 is 12.0 Å². The van der Waals surface area contributed by atoms with Gasteiger partial charge in [-0.2, -0.15) is 9.97 Å². The van der Waals surface area contributed by atoms with Crippen molar-refractivity contribution in [1.82, 2.24) is 25.2 Å². The van der Waals surface area contributed by atoms with Crippen molar-refractivity contribution >= 4 is 27.5 Å². The van der Waals surface area contributed by atoms with E-state index in [4.69, 9.17) is 9.72 Å². The quantitative estimate of drug-likeness (QED) is 0.303. The summed E-state index contributed by atoms with van der Waals surface area (Å²) in [4.78, 5) is 18.5. The Bertz CT molecular complexity index is 1730. The van der Waals surface area contributed by atoms with Gasteiger partial charge in [0.15, 0.2) is 5.82 Å². The summed E-state index contributed by atoms with van der Waals surface area (Å²) in [5.74, 6) is -0.307. The molecule has 2 aromatic heterocycles.